The third-order valence-corrected chi connectivity index (χ3v) is 7.52. The van der Waals surface area contributed by atoms with Crippen LogP contribution in [0, 0.1) is 0 Å². The van der Waals surface area contributed by atoms with Gasteiger partial charge in [-0.05, 0) is 49.9 Å². The molecule has 1 fully saturated rings. The predicted molar refractivity (Wildman–Crippen MR) is 124 cm³/mol. The first-order chi connectivity index (χ1) is 15.2. The van der Waals surface area contributed by atoms with Gasteiger partial charge in [0.15, 0.2) is 0 Å². The normalized spacial score (nSPS) is 16.4. The number of nitrogens with zero attached hydrogens (tertiary/aromatic N) is 2. The van der Waals surface area contributed by atoms with Gasteiger partial charge in [-0.15, -0.1) is 0 Å². The second-order valence-electron chi connectivity index (χ2n) is 7.96. The van der Waals surface area contributed by atoms with E-state index in [4.69, 9.17) is 9.47 Å². The number of likely N-dealkylation sites (N-methyl/N-ethyl adjacent to an activating group) is 1. The molecule has 0 unspecified atom stereocenters. The van der Waals surface area contributed by atoms with Crippen LogP contribution >= 0.6 is 0 Å². The zero-order chi connectivity index (χ0) is 23.3. The molecule has 2 aromatic rings. The number of carbonyl (C=O) groups is 1. The van der Waals surface area contributed by atoms with Crippen LogP contribution in [0.15, 0.2) is 42.5 Å². The number of hydrogen-bond acceptors (Lipinski definition) is 6. The van der Waals surface area contributed by atoms with Gasteiger partial charge in [-0.3, -0.25) is 4.79 Å². The van der Waals surface area contributed by atoms with E-state index in [1.807, 2.05) is 20.0 Å². The summed E-state index contributed by atoms with van der Waals surface area (Å²) in [6.45, 7) is 4.34. The molecular formula is C23H31N3O5S. The summed E-state index contributed by atoms with van der Waals surface area (Å²) in [6, 6.07) is 11.8. The van der Waals surface area contributed by atoms with E-state index in [-0.39, 0.29) is 17.7 Å². The summed E-state index contributed by atoms with van der Waals surface area (Å²) < 4.78 is 37.6. The average Bonchev–Trinajstić information content (AvgIpc) is 2.79. The first-order valence-electron chi connectivity index (χ1n) is 10.5. The number of methoxy groups -OCH3 is 2. The minimum absolute atomic E-state index is 0.0734. The van der Waals surface area contributed by atoms with E-state index in [1.165, 1.54) is 4.31 Å². The maximum Gasteiger partial charge on any atom is 0.251 e. The van der Waals surface area contributed by atoms with Crippen LogP contribution in [0.25, 0.3) is 0 Å². The van der Waals surface area contributed by atoms with Crippen molar-refractivity contribution in [3.63, 3.8) is 0 Å². The Kier molecular flexibility index (Phi) is 7.76. The Morgan fingerprint density at radius 1 is 1.03 bits per heavy atom. The molecule has 8 nitrogen and oxygen atoms in total. The van der Waals surface area contributed by atoms with E-state index in [2.05, 4.69) is 10.2 Å². The Morgan fingerprint density at radius 2 is 1.69 bits per heavy atom. The predicted octanol–water partition coefficient (Wildman–Crippen LogP) is 2.27. The van der Waals surface area contributed by atoms with Gasteiger partial charge in [-0.25, -0.2) is 8.42 Å². The van der Waals surface area contributed by atoms with Crippen molar-refractivity contribution in [1.82, 2.24) is 14.5 Å². The number of carbonyl (C=O) groups excluding carboxylic acids is 1. The van der Waals surface area contributed by atoms with Gasteiger partial charge < -0.3 is 19.7 Å². The smallest absolute Gasteiger partial charge is 0.251 e. The molecule has 1 N–H and O–H groups in total. The SMILES string of the molecule is COc1ccc(OC)c([C@H](C)NC(=O)c2ccc(CS(=O)(=O)N3CCN(C)CC3)cc2)c1. The number of amides is 1. The number of rotatable bonds is 8. The molecule has 3 rings (SSSR count). The molecule has 174 valence electrons. The number of nitrogens with one attached hydrogen (secondary N) is 1. The fourth-order valence-electron chi connectivity index (χ4n) is 3.66. The van der Waals surface area contributed by atoms with Crippen LogP contribution in [-0.4, -0.2) is 71.0 Å². The molecule has 32 heavy (non-hydrogen) atoms. The van der Waals surface area contributed by atoms with Gasteiger partial charge >= 0.3 is 0 Å². The molecule has 0 saturated carbocycles. The highest BCUT2D eigenvalue weighted by atomic mass is 32.2. The minimum Gasteiger partial charge on any atom is -0.497 e. The van der Waals surface area contributed by atoms with Gasteiger partial charge in [-0.1, -0.05) is 12.1 Å². The Morgan fingerprint density at radius 3 is 2.28 bits per heavy atom. The molecule has 0 bridgehead atoms. The summed E-state index contributed by atoms with van der Waals surface area (Å²) in [5, 5.41) is 2.96. The van der Waals surface area contributed by atoms with Crippen LogP contribution in [0.2, 0.25) is 0 Å². The average molecular weight is 462 g/mol. The third kappa shape index (κ3) is 5.79. The monoisotopic (exact) mass is 461 g/mol. The van der Waals surface area contributed by atoms with Crippen LogP contribution in [0.5, 0.6) is 11.5 Å². The summed E-state index contributed by atoms with van der Waals surface area (Å²) in [5.41, 5.74) is 1.91. The molecule has 0 aliphatic carbocycles. The molecule has 1 amide bonds. The lowest BCUT2D eigenvalue weighted by molar-refractivity contribution is 0.0939. The Hall–Kier alpha value is -2.62. The zero-order valence-corrected chi connectivity index (χ0v) is 19.8. The van der Waals surface area contributed by atoms with E-state index in [1.54, 1.807) is 50.6 Å². The lowest BCUT2D eigenvalue weighted by Gasteiger charge is -2.31. The van der Waals surface area contributed by atoms with Gasteiger partial charge in [0, 0.05) is 37.3 Å². The highest BCUT2D eigenvalue weighted by Crippen LogP contribution is 2.29. The molecule has 0 spiro atoms. The van der Waals surface area contributed by atoms with Crippen molar-refractivity contribution in [1.29, 1.82) is 0 Å². The van der Waals surface area contributed by atoms with Gasteiger partial charge in [0.1, 0.15) is 11.5 Å². The number of hydrogen-bond donors (Lipinski definition) is 1. The van der Waals surface area contributed by atoms with Crippen molar-refractivity contribution < 1.29 is 22.7 Å². The molecular weight excluding hydrogens is 430 g/mol. The van der Waals surface area contributed by atoms with Crippen molar-refractivity contribution in [2.75, 3.05) is 47.4 Å². The third-order valence-electron chi connectivity index (χ3n) is 5.67. The van der Waals surface area contributed by atoms with Crippen LogP contribution in [-0.2, 0) is 15.8 Å². The molecule has 0 radical (unpaired) electrons. The second-order valence-corrected chi connectivity index (χ2v) is 9.93. The Bertz CT molecular complexity index is 1030. The van der Waals surface area contributed by atoms with E-state index in [0.29, 0.717) is 35.7 Å². The highest BCUT2D eigenvalue weighted by molar-refractivity contribution is 7.88. The highest BCUT2D eigenvalue weighted by Gasteiger charge is 2.26. The molecule has 1 aliphatic heterocycles. The Balaban J connectivity index is 1.65. The van der Waals surface area contributed by atoms with Crippen molar-refractivity contribution in [3.05, 3.63) is 59.2 Å². The van der Waals surface area contributed by atoms with E-state index in [0.717, 1.165) is 18.7 Å². The zero-order valence-electron chi connectivity index (χ0n) is 19.0. The van der Waals surface area contributed by atoms with Gasteiger partial charge in [0.25, 0.3) is 5.91 Å². The second kappa shape index (κ2) is 10.3. The molecule has 2 aromatic carbocycles. The van der Waals surface area contributed by atoms with Crippen molar-refractivity contribution in [3.8, 4) is 11.5 Å². The topological polar surface area (TPSA) is 88.2 Å². The van der Waals surface area contributed by atoms with E-state index in [9.17, 15) is 13.2 Å². The summed E-state index contributed by atoms with van der Waals surface area (Å²) in [5.74, 6) is 1.00. The van der Waals surface area contributed by atoms with E-state index < -0.39 is 10.0 Å². The largest absolute Gasteiger partial charge is 0.497 e. The quantitative estimate of drug-likeness (QED) is 0.649. The lowest BCUT2D eigenvalue weighted by atomic mass is 10.1. The van der Waals surface area contributed by atoms with Crippen LogP contribution in [0.1, 0.15) is 34.5 Å². The van der Waals surface area contributed by atoms with Gasteiger partial charge in [0.2, 0.25) is 10.0 Å². The minimum atomic E-state index is -3.38. The number of benzene rings is 2. The summed E-state index contributed by atoms with van der Waals surface area (Å²) >= 11 is 0. The first-order valence-corrected chi connectivity index (χ1v) is 12.1. The number of piperazine rings is 1. The van der Waals surface area contributed by atoms with E-state index >= 15 is 0 Å². The molecule has 9 heteroatoms. The fraction of sp³-hybridized carbons (Fsp3) is 0.435. The lowest BCUT2D eigenvalue weighted by Crippen LogP contribution is -2.47. The first kappa shape index (κ1) is 24.0. The van der Waals surface area contributed by atoms with Crippen molar-refractivity contribution in [2.45, 2.75) is 18.7 Å². The number of ether oxygens (including phenoxy) is 2. The van der Waals surface area contributed by atoms with Crippen LogP contribution < -0.4 is 14.8 Å². The maximum absolute atomic E-state index is 12.7. The summed E-state index contributed by atoms with van der Waals surface area (Å²) in [6.07, 6.45) is 0. The van der Waals surface area contributed by atoms with Crippen LogP contribution in [0.4, 0.5) is 0 Å². The Labute approximate surface area is 190 Å². The molecule has 1 aliphatic rings. The van der Waals surface area contributed by atoms with Crippen molar-refractivity contribution in [2.24, 2.45) is 0 Å². The fourth-order valence-corrected chi connectivity index (χ4v) is 5.17. The van der Waals surface area contributed by atoms with Gasteiger partial charge in [0.05, 0.1) is 26.0 Å². The number of sulfonamides is 1. The molecule has 0 aromatic heterocycles. The van der Waals surface area contributed by atoms with Crippen molar-refractivity contribution >= 4 is 15.9 Å². The summed E-state index contributed by atoms with van der Waals surface area (Å²) in [7, 11) is 1.76. The van der Waals surface area contributed by atoms with Crippen LogP contribution in [0.3, 0.4) is 0 Å². The standard InChI is InChI=1S/C23H31N3O5S/c1-17(21-15-20(30-3)9-10-22(21)31-4)24-23(27)19-7-5-18(6-8-19)16-32(28,29)26-13-11-25(2)12-14-26/h5-10,15,17H,11-14,16H2,1-4H3,(H,24,27)/t17-/m0/s1. The molecule has 1 atom stereocenters. The maximum atomic E-state index is 12.7. The molecule has 1 saturated heterocycles. The summed E-state index contributed by atoms with van der Waals surface area (Å²) in [4.78, 5) is 14.9. The molecule has 1 heterocycles. The van der Waals surface area contributed by atoms with Gasteiger partial charge in [-0.2, -0.15) is 4.31 Å².